The van der Waals surface area contributed by atoms with Gasteiger partial charge >= 0.3 is 0 Å². The maximum Gasteiger partial charge on any atom is 0.164 e. The molecule has 3 heteroatoms. The fourth-order valence-corrected chi connectivity index (χ4v) is 8.19. The van der Waals surface area contributed by atoms with Crippen molar-refractivity contribution in [2.45, 2.75) is 11.8 Å². The van der Waals surface area contributed by atoms with Crippen molar-refractivity contribution in [3.05, 3.63) is 198 Å². The van der Waals surface area contributed by atoms with Crippen LogP contribution in [0, 0.1) is 0 Å². The van der Waals surface area contributed by atoms with Gasteiger partial charge in [0.25, 0.3) is 0 Å². The van der Waals surface area contributed by atoms with Gasteiger partial charge in [0.15, 0.2) is 17.5 Å². The molecule has 0 saturated carbocycles. The molecule has 10 rings (SSSR count). The van der Waals surface area contributed by atoms with Crippen LogP contribution in [0.4, 0.5) is 0 Å². The normalized spacial score (nSPS) is 13.3. The first-order chi connectivity index (χ1) is 24.8. The third-order valence-electron chi connectivity index (χ3n) is 10.5. The van der Waals surface area contributed by atoms with Crippen LogP contribution in [0.5, 0.6) is 0 Å². The summed E-state index contributed by atoms with van der Waals surface area (Å²) in [7, 11) is 0. The lowest BCUT2D eigenvalue weighted by Gasteiger charge is -2.39. The molecule has 0 N–H and O–H groups in total. The molecule has 0 fully saturated rings. The highest BCUT2D eigenvalue weighted by atomic mass is 15.0. The third-order valence-corrected chi connectivity index (χ3v) is 10.5. The summed E-state index contributed by atoms with van der Waals surface area (Å²) in [6.07, 6.45) is 0.930. The maximum atomic E-state index is 4.93. The zero-order chi connectivity index (χ0) is 33.1. The zero-order valence-electron chi connectivity index (χ0n) is 27.3. The minimum atomic E-state index is -0.207. The monoisotopic (exact) mass is 637 g/mol. The molecular formula is C47H31N3. The van der Waals surface area contributed by atoms with Crippen LogP contribution in [-0.4, -0.2) is 15.0 Å². The highest BCUT2D eigenvalue weighted by Crippen LogP contribution is 2.58. The second-order valence-electron chi connectivity index (χ2n) is 13.2. The van der Waals surface area contributed by atoms with Crippen LogP contribution in [0.25, 0.3) is 67.5 Å². The summed E-state index contributed by atoms with van der Waals surface area (Å²) in [6, 6.07) is 62.9. The Morgan fingerprint density at radius 1 is 0.320 bits per heavy atom. The van der Waals surface area contributed by atoms with Crippen LogP contribution in [-0.2, 0) is 11.8 Å². The lowest BCUT2D eigenvalue weighted by atomic mass is 9.63. The lowest BCUT2D eigenvalue weighted by Crippen LogP contribution is -2.33. The molecule has 50 heavy (non-hydrogen) atoms. The van der Waals surface area contributed by atoms with Crippen molar-refractivity contribution >= 4 is 0 Å². The van der Waals surface area contributed by atoms with E-state index in [1.807, 2.05) is 60.7 Å². The predicted molar refractivity (Wildman–Crippen MR) is 202 cm³/mol. The summed E-state index contributed by atoms with van der Waals surface area (Å²) in [4.78, 5) is 14.7. The van der Waals surface area contributed by atoms with Gasteiger partial charge in [-0.25, -0.2) is 15.0 Å². The fraction of sp³-hybridized carbons (Fsp3) is 0.0426. The van der Waals surface area contributed by atoms with Crippen molar-refractivity contribution < 1.29 is 0 Å². The molecule has 0 aliphatic heterocycles. The quantitative estimate of drug-likeness (QED) is 0.193. The van der Waals surface area contributed by atoms with E-state index in [-0.39, 0.29) is 5.41 Å². The van der Waals surface area contributed by atoms with Gasteiger partial charge in [0.2, 0.25) is 0 Å². The number of hydrogen-bond donors (Lipinski definition) is 0. The van der Waals surface area contributed by atoms with Crippen LogP contribution in [0.2, 0.25) is 0 Å². The molecule has 0 bridgehead atoms. The van der Waals surface area contributed by atoms with Crippen LogP contribution in [0.1, 0.15) is 22.3 Å². The molecule has 0 saturated heterocycles. The Morgan fingerprint density at radius 2 is 0.700 bits per heavy atom. The van der Waals surface area contributed by atoms with E-state index in [2.05, 4.69) is 115 Å². The molecule has 0 unspecified atom stereocenters. The molecule has 8 aromatic rings. The molecule has 7 aromatic carbocycles. The first-order valence-corrected chi connectivity index (χ1v) is 17.2. The highest BCUT2D eigenvalue weighted by molar-refractivity contribution is 5.90. The second-order valence-corrected chi connectivity index (χ2v) is 13.2. The summed E-state index contributed by atoms with van der Waals surface area (Å²) >= 11 is 0. The SMILES string of the molecule is c1ccc(-c2nc(-c3ccccc3)nc(-c3ccc(-c4ccc5c(c4)-c4ccccc4C4(C5)c5ccccc5-c5ccccc54)cc3)n2)cc1. The molecule has 0 radical (unpaired) electrons. The molecule has 0 atom stereocenters. The van der Waals surface area contributed by atoms with E-state index in [0.29, 0.717) is 17.5 Å². The molecule has 2 aliphatic rings. The summed E-state index contributed by atoms with van der Waals surface area (Å²) < 4.78 is 0. The van der Waals surface area contributed by atoms with Gasteiger partial charge in [-0.2, -0.15) is 0 Å². The van der Waals surface area contributed by atoms with Gasteiger partial charge in [-0.1, -0.05) is 170 Å². The predicted octanol–water partition coefficient (Wildman–Crippen LogP) is 11.1. The molecule has 3 nitrogen and oxygen atoms in total. The van der Waals surface area contributed by atoms with Crippen molar-refractivity contribution in [3.8, 4) is 67.5 Å². The average molecular weight is 638 g/mol. The molecule has 2 aliphatic carbocycles. The highest BCUT2D eigenvalue weighted by Gasteiger charge is 2.47. The number of fused-ring (bicyclic) bond motifs is 9. The van der Waals surface area contributed by atoms with E-state index in [4.69, 9.17) is 15.0 Å². The van der Waals surface area contributed by atoms with E-state index in [1.54, 1.807) is 0 Å². The van der Waals surface area contributed by atoms with Crippen LogP contribution in [0.15, 0.2) is 176 Å². The van der Waals surface area contributed by atoms with Crippen molar-refractivity contribution in [3.63, 3.8) is 0 Å². The first-order valence-electron chi connectivity index (χ1n) is 17.2. The Hall–Kier alpha value is -6.45. The zero-order valence-corrected chi connectivity index (χ0v) is 27.3. The number of hydrogen-bond acceptors (Lipinski definition) is 3. The largest absolute Gasteiger partial charge is 0.208 e. The van der Waals surface area contributed by atoms with Gasteiger partial charge in [0.1, 0.15) is 0 Å². The van der Waals surface area contributed by atoms with Crippen molar-refractivity contribution in [2.24, 2.45) is 0 Å². The molecule has 1 aromatic heterocycles. The van der Waals surface area contributed by atoms with Crippen molar-refractivity contribution in [2.75, 3.05) is 0 Å². The Bertz CT molecular complexity index is 2450. The maximum absolute atomic E-state index is 4.93. The first kappa shape index (κ1) is 28.6. The van der Waals surface area contributed by atoms with E-state index in [1.165, 1.54) is 50.1 Å². The minimum absolute atomic E-state index is 0.207. The Labute approximate surface area is 291 Å². The molecular weight excluding hydrogens is 607 g/mol. The smallest absolute Gasteiger partial charge is 0.164 e. The molecule has 234 valence electrons. The van der Waals surface area contributed by atoms with Crippen LogP contribution in [0.3, 0.4) is 0 Å². The van der Waals surface area contributed by atoms with Gasteiger partial charge in [0, 0.05) is 16.7 Å². The summed E-state index contributed by atoms with van der Waals surface area (Å²) in [5, 5.41) is 0. The van der Waals surface area contributed by atoms with Gasteiger partial charge in [-0.05, 0) is 68.1 Å². The molecule has 0 amide bonds. The van der Waals surface area contributed by atoms with Gasteiger partial charge in [-0.3, -0.25) is 0 Å². The Balaban J connectivity index is 1.05. The second kappa shape index (κ2) is 11.3. The number of aromatic nitrogens is 3. The summed E-state index contributed by atoms with van der Waals surface area (Å²) in [6.45, 7) is 0. The van der Waals surface area contributed by atoms with Crippen LogP contribution < -0.4 is 0 Å². The van der Waals surface area contributed by atoms with E-state index >= 15 is 0 Å². The number of nitrogens with zero attached hydrogens (tertiary/aromatic N) is 3. The van der Waals surface area contributed by atoms with Gasteiger partial charge < -0.3 is 0 Å². The minimum Gasteiger partial charge on any atom is -0.208 e. The van der Waals surface area contributed by atoms with Crippen LogP contribution >= 0.6 is 0 Å². The third kappa shape index (κ3) is 4.40. The lowest BCUT2D eigenvalue weighted by molar-refractivity contribution is 0.622. The van der Waals surface area contributed by atoms with Crippen molar-refractivity contribution in [1.82, 2.24) is 15.0 Å². The van der Waals surface area contributed by atoms with Gasteiger partial charge in [0.05, 0.1) is 5.41 Å². The molecule has 1 heterocycles. The number of rotatable bonds is 4. The standard InChI is InChI=1S/C47H31N3/c1-3-13-32(14-4-1)44-48-45(33-15-5-2-6-16-33)50-46(49-44)34-25-23-31(24-26-34)35-27-28-36-30-47(43-22-12-9-19-39(43)40(36)29-35)41-20-10-7-17-37(41)38-18-8-11-21-42(38)47/h1-29H,30H2. The van der Waals surface area contributed by atoms with Crippen molar-refractivity contribution in [1.29, 1.82) is 0 Å². The Kier molecular flexibility index (Phi) is 6.47. The summed E-state index contributed by atoms with van der Waals surface area (Å²) in [5.74, 6) is 1.99. The van der Waals surface area contributed by atoms with Gasteiger partial charge in [-0.15, -0.1) is 0 Å². The van der Waals surface area contributed by atoms with E-state index in [9.17, 15) is 0 Å². The van der Waals surface area contributed by atoms with E-state index in [0.717, 1.165) is 28.7 Å². The average Bonchev–Trinajstić information content (AvgIpc) is 3.48. The number of benzene rings is 7. The Morgan fingerprint density at radius 3 is 1.20 bits per heavy atom. The van der Waals surface area contributed by atoms with E-state index < -0.39 is 0 Å². The topological polar surface area (TPSA) is 38.7 Å². The molecule has 1 spiro atoms. The fourth-order valence-electron chi connectivity index (χ4n) is 8.19. The summed E-state index contributed by atoms with van der Waals surface area (Å²) in [5.41, 5.74) is 15.9.